The summed E-state index contributed by atoms with van der Waals surface area (Å²) >= 11 is 0. The Morgan fingerprint density at radius 1 is 1.47 bits per heavy atom. The lowest BCUT2D eigenvalue weighted by molar-refractivity contribution is 0.334. The molecule has 1 unspecified atom stereocenters. The number of nitrogens with two attached hydrogens (primary N) is 1. The zero-order chi connectivity index (χ0) is 11.5. The minimum absolute atomic E-state index is 0.166. The molecule has 0 aliphatic carbocycles. The van der Waals surface area contributed by atoms with Gasteiger partial charge in [0, 0.05) is 19.0 Å². The third-order valence-electron chi connectivity index (χ3n) is 2.31. The van der Waals surface area contributed by atoms with E-state index in [0.29, 0.717) is 0 Å². The molecule has 0 aliphatic heterocycles. The highest BCUT2D eigenvalue weighted by Gasteiger charge is 2.17. The average molecular weight is 210 g/mol. The van der Waals surface area contributed by atoms with Crippen molar-refractivity contribution in [3.63, 3.8) is 0 Å². The van der Waals surface area contributed by atoms with Crippen molar-refractivity contribution in [1.29, 1.82) is 0 Å². The molecule has 0 aromatic carbocycles. The molecule has 1 aromatic rings. The highest BCUT2D eigenvalue weighted by molar-refractivity contribution is 4.89. The van der Waals surface area contributed by atoms with Gasteiger partial charge in [0.25, 0.3) is 0 Å². The van der Waals surface area contributed by atoms with Crippen molar-refractivity contribution in [2.75, 3.05) is 0 Å². The second kappa shape index (κ2) is 4.75. The lowest BCUT2D eigenvalue weighted by Gasteiger charge is -2.22. The molecule has 0 saturated carbocycles. The number of rotatable bonds is 4. The van der Waals surface area contributed by atoms with Crippen LogP contribution in [0, 0.1) is 5.41 Å². The molecule has 0 fully saturated rings. The summed E-state index contributed by atoms with van der Waals surface area (Å²) in [6.07, 6.45) is 3.41. The van der Waals surface area contributed by atoms with Crippen LogP contribution in [0.5, 0.6) is 0 Å². The van der Waals surface area contributed by atoms with Crippen LogP contribution in [-0.2, 0) is 13.0 Å². The van der Waals surface area contributed by atoms with E-state index < -0.39 is 0 Å². The molecule has 1 rings (SSSR count). The first-order valence-electron chi connectivity index (χ1n) is 5.54. The molecule has 15 heavy (non-hydrogen) atoms. The lowest BCUT2D eigenvalue weighted by Crippen LogP contribution is -2.29. The first kappa shape index (κ1) is 12.2. The van der Waals surface area contributed by atoms with Crippen LogP contribution in [0.25, 0.3) is 0 Å². The molecular formula is C11H22N4. The maximum absolute atomic E-state index is 6.09. The largest absolute Gasteiger partial charge is 0.327 e. The van der Waals surface area contributed by atoms with Gasteiger partial charge >= 0.3 is 0 Å². The molecule has 1 atom stereocenters. The lowest BCUT2D eigenvalue weighted by atomic mass is 9.87. The quantitative estimate of drug-likeness (QED) is 0.821. The summed E-state index contributed by atoms with van der Waals surface area (Å²) in [6, 6.07) is 0.166. The van der Waals surface area contributed by atoms with Gasteiger partial charge in [0.2, 0.25) is 0 Å². The molecule has 4 heteroatoms. The third kappa shape index (κ3) is 4.00. The van der Waals surface area contributed by atoms with Gasteiger partial charge in [0.15, 0.2) is 0 Å². The Hall–Kier alpha value is -0.900. The van der Waals surface area contributed by atoms with Gasteiger partial charge in [-0.05, 0) is 18.8 Å². The summed E-state index contributed by atoms with van der Waals surface area (Å²) in [5, 5.41) is 4.13. The Morgan fingerprint density at radius 2 is 2.13 bits per heavy atom. The first-order chi connectivity index (χ1) is 6.92. The standard InChI is InChI=1S/C11H22N4/c1-5-15-10(13-8-14-15)6-9(12)7-11(2,3)4/h8-9H,5-7,12H2,1-4H3. The zero-order valence-electron chi connectivity index (χ0n) is 10.2. The fourth-order valence-corrected chi connectivity index (χ4v) is 1.80. The Bertz CT molecular complexity index is 298. The van der Waals surface area contributed by atoms with Crippen molar-refractivity contribution in [2.24, 2.45) is 11.1 Å². The van der Waals surface area contributed by atoms with E-state index in [-0.39, 0.29) is 11.5 Å². The highest BCUT2D eigenvalue weighted by Crippen LogP contribution is 2.21. The van der Waals surface area contributed by atoms with Gasteiger partial charge < -0.3 is 5.73 Å². The van der Waals surface area contributed by atoms with Crippen LogP contribution in [0.2, 0.25) is 0 Å². The van der Waals surface area contributed by atoms with Gasteiger partial charge in [-0.3, -0.25) is 4.68 Å². The second-order valence-electron chi connectivity index (χ2n) is 5.22. The molecule has 0 saturated heterocycles. The van der Waals surface area contributed by atoms with Gasteiger partial charge in [-0.1, -0.05) is 20.8 Å². The van der Waals surface area contributed by atoms with Crippen molar-refractivity contribution in [2.45, 2.75) is 53.1 Å². The molecule has 0 aliphatic rings. The molecule has 2 N–H and O–H groups in total. The maximum atomic E-state index is 6.09. The van der Waals surface area contributed by atoms with E-state index in [4.69, 9.17) is 5.73 Å². The predicted octanol–water partition coefficient (Wildman–Crippen LogP) is 1.60. The van der Waals surface area contributed by atoms with Crippen molar-refractivity contribution < 1.29 is 0 Å². The summed E-state index contributed by atoms with van der Waals surface area (Å²) in [7, 11) is 0. The van der Waals surface area contributed by atoms with E-state index in [1.165, 1.54) is 0 Å². The Morgan fingerprint density at radius 3 is 2.67 bits per heavy atom. The van der Waals surface area contributed by atoms with E-state index in [1.807, 2.05) is 4.68 Å². The van der Waals surface area contributed by atoms with Crippen LogP contribution in [-0.4, -0.2) is 20.8 Å². The average Bonchev–Trinajstić information content (AvgIpc) is 2.48. The smallest absolute Gasteiger partial charge is 0.138 e. The van der Waals surface area contributed by atoms with Crippen molar-refractivity contribution >= 4 is 0 Å². The van der Waals surface area contributed by atoms with Crippen LogP contribution < -0.4 is 5.73 Å². The van der Waals surface area contributed by atoms with Gasteiger partial charge in [-0.2, -0.15) is 5.10 Å². The molecule has 0 radical (unpaired) electrons. The molecule has 0 bridgehead atoms. The Kier molecular flexibility index (Phi) is 3.85. The van der Waals surface area contributed by atoms with Crippen molar-refractivity contribution in [3.05, 3.63) is 12.2 Å². The zero-order valence-corrected chi connectivity index (χ0v) is 10.2. The number of aromatic nitrogens is 3. The van der Waals surface area contributed by atoms with Gasteiger partial charge in [0.1, 0.15) is 12.2 Å². The highest BCUT2D eigenvalue weighted by atomic mass is 15.3. The van der Waals surface area contributed by atoms with Crippen LogP contribution in [0.15, 0.2) is 6.33 Å². The topological polar surface area (TPSA) is 56.7 Å². The molecule has 86 valence electrons. The number of aryl methyl sites for hydroxylation is 1. The fourth-order valence-electron chi connectivity index (χ4n) is 1.80. The molecule has 0 amide bonds. The molecular weight excluding hydrogens is 188 g/mol. The molecule has 1 heterocycles. The molecule has 1 aromatic heterocycles. The second-order valence-corrected chi connectivity index (χ2v) is 5.22. The Balaban J connectivity index is 2.55. The van der Waals surface area contributed by atoms with Gasteiger partial charge in [-0.25, -0.2) is 4.98 Å². The minimum atomic E-state index is 0.166. The van der Waals surface area contributed by atoms with Crippen LogP contribution in [0.4, 0.5) is 0 Å². The summed E-state index contributed by atoms with van der Waals surface area (Å²) in [6.45, 7) is 9.54. The third-order valence-corrected chi connectivity index (χ3v) is 2.31. The normalized spacial score (nSPS) is 14.2. The molecule has 0 spiro atoms. The van der Waals surface area contributed by atoms with Crippen LogP contribution in [0.3, 0.4) is 0 Å². The minimum Gasteiger partial charge on any atom is -0.327 e. The van der Waals surface area contributed by atoms with Crippen LogP contribution >= 0.6 is 0 Å². The van der Waals surface area contributed by atoms with E-state index in [0.717, 1.165) is 25.2 Å². The van der Waals surface area contributed by atoms with Gasteiger partial charge in [-0.15, -0.1) is 0 Å². The SMILES string of the molecule is CCn1ncnc1CC(N)CC(C)(C)C. The number of hydrogen-bond acceptors (Lipinski definition) is 3. The van der Waals surface area contributed by atoms with Gasteiger partial charge in [0.05, 0.1) is 0 Å². The summed E-state index contributed by atoms with van der Waals surface area (Å²) in [5.41, 5.74) is 6.37. The van der Waals surface area contributed by atoms with Crippen molar-refractivity contribution in [1.82, 2.24) is 14.8 Å². The van der Waals surface area contributed by atoms with Crippen molar-refractivity contribution in [3.8, 4) is 0 Å². The first-order valence-corrected chi connectivity index (χ1v) is 5.54. The Labute approximate surface area is 91.9 Å². The predicted molar refractivity (Wildman–Crippen MR) is 61.4 cm³/mol. The van der Waals surface area contributed by atoms with E-state index in [9.17, 15) is 0 Å². The summed E-state index contributed by atoms with van der Waals surface area (Å²) < 4.78 is 1.91. The van der Waals surface area contributed by atoms with E-state index in [2.05, 4.69) is 37.8 Å². The fraction of sp³-hybridized carbons (Fsp3) is 0.818. The monoisotopic (exact) mass is 210 g/mol. The molecule has 4 nitrogen and oxygen atoms in total. The summed E-state index contributed by atoms with van der Waals surface area (Å²) in [4.78, 5) is 4.23. The number of hydrogen-bond donors (Lipinski definition) is 1. The van der Waals surface area contributed by atoms with Crippen LogP contribution in [0.1, 0.15) is 39.9 Å². The summed E-state index contributed by atoms with van der Waals surface area (Å²) in [5.74, 6) is 0.995. The maximum Gasteiger partial charge on any atom is 0.138 e. The number of nitrogens with zero attached hydrogens (tertiary/aromatic N) is 3. The van der Waals surface area contributed by atoms with E-state index in [1.54, 1.807) is 6.33 Å². The van der Waals surface area contributed by atoms with E-state index >= 15 is 0 Å².